The van der Waals surface area contributed by atoms with Gasteiger partial charge in [0.2, 0.25) is 0 Å². The summed E-state index contributed by atoms with van der Waals surface area (Å²) < 4.78 is 0.537. The standard InChI is InChI=1S/C5H11N2Se/c1-3-7(4-2)5(6)8/h6H,3-4H2,1-2H3. The monoisotopic (exact) mass is 179 g/mol. The van der Waals surface area contributed by atoms with Gasteiger partial charge in [-0.3, -0.25) is 0 Å². The van der Waals surface area contributed by atoms with E-state index < -0.39 is 0 Å². The molecule has 0 atom stereocenters. The van der Waals surface area contributed by atoms with Gasteiger partial charge in [0.1, 0.15) is 0 Å². The molecule has 0 heterocycles. The van der Waals surface area contributed by atoms with Crippen LogP contribution in [0.5, 0.6) is 0 Å². The number of nitrogens with zero attached hydrogens (tertiary/aromatic N) is 1. The number of nitrogens with one attached hydrogen (secondary N) is 1. The summed E-state index contributed by atoms with van der Waals surface area (Å²) >= 11 is 2.65. The van der Waals surface area contributed by atoms with Crippen LogP contribution in [0.4, 0.5) is 0 Å². The molecular weight excluding hydrogens is 167 g/mol. The van der Waals surface area contributed by atoms with Gasteiger partial charge >= 0.3 is 58.0 Å². The van der Waals surface area contributed by atoms with E-state index in [4.69, 9.17) is 5.41 Å². The first-order valence-corrected chi connectivity index (χ1v) is 3.58. The van der Waals surface area contributed by atoms with Crippen molar-refractivity contribution in [2.45, 2.75) is 13.8 Å². The third kappa shape index (κ3) is 2.34. The fourth-order valence-corrected chi connectivity index (χ4v) is 1.05. The molecule has 0 aromatic carbocycles. The van der Waals surface area contributed by atoms with E-state index in [1.807, 2.05) is 18.7 Å². The van der Waals surface area contributed by atoms with E-state index >= 15 is 0 Å². The molecule has 1 radical (unpaired) electrons. The second kappa shape index (κ2) is 3.93. The van der Waals surface area contributed by atoms with Crippen LogP contribution in [-0.2, 0) is 0 Å². The van der Waals surface area contributed by atoms with Crippen molar-refractivity contribution in [3.63, 3.8) is 0 Å². The molecule has 0 rings (SSSR count). The van der Waals surface area contributed by atoms with Crippen molar-refractivity contribution in [1.29, 1.82) is 5.41 Å². The summed E-state index contributed by atoms with van der Waals surface area (Å²) in [5, 5.41) is 7.12. The Morgan fingerprint density at radius 3 is 1.88 bits per heavy atom. The summed E-state index contributed by atoms with van der Waals surface area (Å²) in [6, 6.07) is 0. The second-order valence-corrected chi connectivity index (χ2v) is 2.29. The Morgan fingerprint density at radius 2 is 1.88 bits per heavy atom. The van der Waals surface area contributed by atoms with Crippen LogP contribution in [0.1, 0.15) is 13.8 Å². The van der Waals surface area contributed by atoms with Gasteiger partial charge in [0.25, 0.3) is 0 Å². The van der Waals surface area contributed by atoms with Crippen LogP contribution in [0.3, 0.4) is 0 Å². The van der Waals surface area contributed by atoms with Gasteiger partial charge in [-0.1, -0.05) is 0 Å². The average Bonchev–Trinajstić information content (AvgIpc) is 1.69. The van der Waals surface area contributed by atoms with Gasteiger partial charge in [-0.05, 0) is 0 Å². The molecule has 0 fully saturated rings. The zero-order valence-electron chi connectivity index (χ0n) is 5.27. The zero-order valence-corrected chi connectivity index (χ0v) is 6.98. The van der Waals surface area contributed by atoms with Crippen LogP contribution >= 0.6 is 0 Å². The van der Waals surface area contributed by atoms with E-state index in [2.05, 4.69) is 16.0 Å². The molecular formula is C5H11N2Se. The summed E-state index contributed by atoms with van der Waals surface area (Å²) in [5.41, 5.74) is 0. The number of hydrogen-bond acceptors (Lipinski definition) is 1. The van der Waals surface area contributed by atoms with E-state index in [1.165, 1.54) is 0 Å². The molecule has 0 saturated carbocycles. The summed E-state index contributed by atoms with van der Waals surface area (Å²) in [5.74, 6) is 0. The first-order chi connectivity index (χ1) is 3.72. The SMILES string of the molecule is CCN(CC)C(=N)[Se]. The zero-order chi connectivity index (χ0) is 6.57. The molecule has 2 nitrogen and oxygen atoms in total. The minimum absolute atomic E-state index is 0.537. The van der Waals surface area contributed by atoms with Crippen LogP contribution in [0.25, 0.3) is 0 Å². The maximum absolute atomic E-state index is 7.12. The molecule has 0 aliphatic rings. The Bertz CT molecular complexity index is 78.5. The molecule has 0 aliphatic carbocycles. The Kier molecular flexibility index (Phi) is 3.92. The minimum atomic E-state index is 0.537. The van der Waals surface area contributed by atoms with Gasteiger partial charge in [0.05, 0.1) is 0 Å². The Morgan fingerprint density at radius 1 is 1.50 bits per heavy atom. The van der Waals surface area contributed by atoms with Crippen molar-refractivity contribution in [2.75, 3.05) is 13.1 Å². The van der Waals surface area contributed by atoms with Gasteiger partial charge in [-0.25, -0.2) is 0 Å². The van der Waals surface area contributed by atoms with Gasteiger partial charge in [0.15, 0.2) is 0 Å². The van der Waals surface area contributed by atoms with Gasteiger partial charge in [0, 0.05) is 0 Å². The number of hydrogen-bond donors (Lipinski definition) is 1. The van der Waals surface area contributed by atoms with Crippen LogP contribution in [0.15, 0.2) is 0 Å². The van der Waals surface area contributed by atoms with Crippen LogP contribution in [-0.4, -0.2) is 38.7 Å². The van der Waals surface area contributed by atoms with Gasteiger partial charge < -0.3 is 0 Å². The molecule has 0 aliphatic heterocycles. The topological polar surface area (TPSA) is 27.1 Å². The van der Waals surface area contributed by atoms with E-state index in [-0.39, 0.29) is 0 Å². The molecule has 0 amide bonds. The third-order valence-corrected chi connectivity index (χ3v) is 1.59. The van der Waals surface area contributed by atoms with Crippen LogP contribution < -0.4 is 0 Å². The summed E-state index contributed by atoms with van der Waals surface area (Å²) in [6.07, 6.45) is 0. The fourth-order valence-electron chi connectivity index (χ4n) is 0.511. The van der Waals surface area contributed by atoms with E-state index in [0.29, 0.717) is 4.73 Å². The molecule has 0 saturated heterocycles. The van der Waals surface area contributed by atoms with Crippen molar-refractivity contribution in [1.82, 2.24) is 4.90 Å². The summed E-state index contributed by atoms with van der Waals surface area (Å²) in [4.78, 5) is 1.94. The Labute approximate surface area is 58.6 Å². The first kappa shape index (κ1) is 7.99. The Hall–Kier alpha value is -0.0105. The van der Waals surface area contributed by atoms with E-state index in [1.54, 1.807) is 0 Å². The van der Waals surface area contributed by atoms with Crippen molar-refractivity contribution < 1.29 is 0 Å². The predicted molar refractivity (Wildman–Crippen MR) is 36.4 cm³/mol. The molecule has 3 heteroatoms. The molecule has 8 heavy (non-hydrogen) atoms. The van der Waals surface area contributed by atoms with Crippen molar-refractivity contribution in [3.8, 4) is 0 Å². The van der Waals surface area contributed by atoms with Crippen molar-refractivity contribution >= 4 is 20.7 Å². The molecule has 0 aromatic rings. The average molecular weight is 178 g/mol. The molecule has 1 N–H and O–H groups in total. The summed E-state index contributed by atoms with van der Waals surface area (Å²) in [6.45, 7) is 5.91. The Balaban J connectivity index is 3.52. The molecule has 0 aromatic heterocycles. The van der Waals surface area contributed by atoms with Crippen molar-refractivity contribution in [2.24, 2.45) is 0 Å². The maximum atomic E-state index is 7.12. The molecule has 0 spiro atoms. The molecule has 47 valence electrons. The quantitative estimate of drug-likeness (QED) is 0.370. The van der Waals surface area contributed by atoms with Crippen LogP contribution in [0.2, 0.25) is 0 Å². The molecule has 0 bridgehead atoms. The van der Waals surface area contributed by atoms with E-state index in [9.17, 15) is 0 Å². The third-order valence-electron chi connectivity index (χ3n) is 1.05. The predicted octanol–water partition coefficient (Wildman–Crippen LogP) is 0.431. The molecule has 0 unspecified atom stereocenters. The van der Waals surface area contributed by atoms with Crippen molar-refractivity contribution in [3.05, 3.63) is 0 Å². The van der Waals surface area contributed by atoms with E-state index in [0.717, 1.165) is 13.1 Å². The number of amidine groups is 1. The fraction of sp³-hybridized carbons (Fsp3) is 0.800. The van der Waals surface area contributed by atoms with Gasteiger partial charge in [-0.15, -0.1) is 0 Å². The number of rotatable bonds is 2. The normalized spacial score (nSPS) is 8.75. The van der Waals surface area contributed by atoms with Gasteiger partial charge in [-0.2, -0.15) is 0 Å². The van der Waals surface area contributed by atoms with Crippen LogP contribution in [0, 0.1) is 5.41 Å². The summed E-state index contributed by atoms with van der Waals surface area (Å²) in [7, 11) is 0. The first-order valence-electron chi connectivity index (χ1n) is 2.72. The second-order valence-electron chi connectivity index (χ2n) is 1.48.